The Kier molecular flexibility index (Phi) is 4.62. The summed E-state index contributed by atoms with van der Waals surface area (Å²) < 4.78 is 5.23. The summed E-state index contributed by atoms with van der Waals surface area (Å²) in [5.74, 6) is 1.69. The van der Waals surface area contributed by atoms with Gasteiger partial charge in [0.15, 0.2) is 0 Å². The molecular formula is C10H21NO. The van der Waals surface area contributed by atoms with Crippen molar-refractivity contribution < 1.29 is 4.74 Å². The summed E-state index contributed by atoms with van der Waals surface area (Å²) in [6.45, 7) is 5.61. The molecule has 1 atom stereocenters. The molecule has 1 unspecified atom stereocenters. The Hall–Kier alpha value is -0.0800. The Balaban J connectivity index is 2.29. The van der Waals surface area contributed by atoms with E-state index >= 15 is 0 Å². The maximum Gasteiger partial charge on any atom is 0.0493 e. The quantitative estimate of drug-likeness (QED) is 0.694. The predicted molar refractivity (Wildman–Crippen MR) is 51.3 cm³/mol. The van der Waals surface area contributed by atoms with Gasteiger partial charge in [0.1, 0.15) is 0 Å². The Morgan fingerprint density at radius 2 is 2.08 bits per heavy atom. The Morgan fingerprint density at radius 1 is 1.42 bits per heavy atom. The molecule has 0 bridgehead atoms. The van der Waals surface area contributed by atoms with E-state index in [1.165, 1.54) is 32.4 Å². The minimum atomic E-state index is 0.789. The molecule has 1 rings (SSSR count). The van der Waals surface area contributed by atoms with Crippen LogP contribution in [0.4, 0.5) is 0 Å². The first-order chi connectivity index (χ1) is 5.88. The van der Waals surface area contributed by atoms with Crippen LogP contribution in [0.5, 0.6) is 0 Å². The van der Waals surface area contributed by atoms with Crippen molar-refractivity contribution >= 4 is 0 Å². The molecule has 0 aromatic carbocycles. The number of hydrogen-bond donors (Lipinski definition) is 1. The first-order valence-electron chi connectivity index (χ1n) is 5.08. The van der Waals surface area contributed by atoms with Crippen molar-refractivity contribution in [3.05, 3.63) is 0 Å². The van der Waals surface area contributed by atoms with E-state index in [2.05, 4.69) is 12.2 Å². The van der Waals surface area contributed by atoms with Gasteiger partial charge in [-0.15, -0.1) is 0 Å². The molecule has 1 aliphatic heterocycles. The van der Waals surface area contributed by atoms with Crippen molar-refractivity contribution in [2.75, 3.05) is 26.8 Å². The summed E-state index contributed by atoms with van der Waals surface area (Å²) in [4.78, 5) is 0. The lowest BCUT2D eigenvalue weighted by atomic mass is 9.84. The molecule has 1 N–H and O–H groups in total. The molecule has 12 heavy (non-hydrogen) atoms. The fourth-order valence-corrected chi connectivity index (χ4v) is 2.12. The largest absolute Gasteiger partial charge is 0.384 e. The van der Waals surface area contributed by atoms with Crippen LogP contribution in [0.15, 0.2) is 0 Å². The molecular weight excluding hydrogens is 150 g/mol. The number of methoxy groups -OCH3 is 1. The van der Waals surface area contributed by atoms with Crippen LogP contribution >= 0.6 is 0 Å². The second kappa shape index (κ2) is 5.55. The highest BCUT2D eigenvalue weighted by molar-refractivity contribution is 4.74. The van der Waals surface area contributed by atoms with Crippen LogP contribution in [0.2, 0.25) is 0 Å². The highest BCUT2D eigenvalue weighted by atomic mass is 16.5. The van der Waals surface area contributed by atoms with E-state index in [-0.39, 0.29) is 0 Å². The normalized spacial score (nSPS) is 22.5. The second-order valence-electron chi connectivity index (χ2n) is 3.71. The molecule has 72 valence electrons. The molecule has 0 aromatic rings. The lowest BCUT2D eigenvalue weighted by Gasteiger charge is -2.29. The van der Waals surface area contributed by atoms with Gasteiger partial charge in [0.05, 0.1) is 0 Å². The van der Waals surface area contributed by atoms with E-state index in [1.807, 2.05) is 7.11 Å². The maximum absolute atomic E-state index is 5.23. The summed E-state index contributed by atoms with van der Waals surface area (Å²) in [6.07, 6.45) is 3.93. The van der Waals surface area contributed by atoms with Crippen LogP contribution in [0, 0.1) is 11.8 Å². The van der Waals surface area contributed by atoms with Crippen molar-refractivity contribution in [1.82, 2.24) is 5.32 Å². The summed E-state index contributed by atoms with van der Waals surface area (Å²) >= 11 is 0. The SMILES string of the molecule is CCC(COC)C1CCNCC1. The van der Waals surface area contributed by atoms with Crippen LogP contribution in [0.3, 0.4) is 0 Å². The molecule has 1 fully saturated rings. The van der Waals surface area contributed by atoms with Gasteiger partial charge in [-0.2, -0.15) is 0 Å². The zero-order valence-electron chi connectivity index (χ0n) is 8.31. The third kappa shape index (κ3) is 2.76. The Bertz CT molecular complexity index is 108. The molecule has 0 radical (unpaired) electrons. The molecule has 0 aliphatic carbocycles. The van der Waals surface area contributed by atoms with E-state index < -0.39 is 0 Å². The molecule has 1 heterocycles. The molecule has 2 nitrogen and oxygen atoms in total. The average molecular weight is 171 g/mol. The fourth-order valence-electron chi connectivity index (χ4n) is 2.12. The maximum atomic E-state index is 5.23. The van der Waals surface area contributed by atoms with Crippen LogP contribution in [0.25, 0.3) is 0 Å². The van der Waals surface area contributed by atoms with E-state index in [1.54, 1.807) is 0 Å². The van der Waals surface area contributed by atoms with Gasteiger partial charge in [0.2, 0.25) is 0 Å². The third-order valence-corrected chi connectivity index (χ3v) is 2.96. The fraction of sp³-hybridized carbons (Fsp3) is 1.00. The molecule has 2 heteroatoms. The van der Waals surface area contributed by atoms with Crippen molar-refractivity contribution in [3.8, 4) is 0 Å². The van der Waals surface area contributed by atoms with Gasteiger partial charge >= 0.3 is 0 Å². The minimum Gasteiger partial charge on any atom is -0.384 e. The minimum absolute atomic E-state index is 0.789. The predicted octanol–water partition coefficient (Wildman–Crippen LogP) is 1.66. The van der Waals surface area contributed by atoms with Crippen LogP contribution in [0.1, 0.15) is 26.2 Å². The van der Waals surface area contributed by atoms with Gasteiger partial charge in [0, 0.05) is 13.7 Å². The summed E-state index contributed by atoms with van der Waals surface area (Å²) in [5, 5.41) is 3.39. The standard InChI is InChI=1S/C10H21NO/c1-3-9(8-12-2)10-4-6-11-7-5-10/h9-11H,3-8H2,1-2H3. The summed E-state index contributed by atoms with van der Waals surface area (Å²) in [6, 6.07) is 0. The zero-order valence-corrected chi connectivity index (χ0v) is 8.31. The topological polar surface area (TPSA) is 21.3 Å². The first-order valence-corrected chi connectivity index (χ1v) is 5.08. The van der Waals surface area contributed by atoms with Crippen LogP contribution in [-0.2, 0) is 4.74 Å². The van der Waals surface area contributed by atoms with E-state index in [9.17, 15) is 0 Å². The van der Waals surface area contributed by atoms with Gasteiger partial charge in [-0.1, -0.05) is 13.3 Å². The average Bonchev–Trinajstić information content (AvgIpc) is 2.15. The van der Waals surface area contributed by atoms with Gasteiger partial charge in [-0.05, 0) is 37.8 Å². The number of ether oxygens (including phenoxy) is 1. The molecule has 0 saturated carbocycles. The van der Waals surface area contributed by atoms with Crippen LogP contribution < -0.4 is 5.32 Å². The van der Waals surface area contributed by atoms with Crippen molar-refractivity contribution in [2.45, 2.75) is 26.2 Å². The smallest absolute Gasteiger partial charge is 0.0493 e. The van der Waals surface area contributed by atoms with Gasteiger partial charge in [0.25, 0.3) is 0 Å². The van der Waals surface area contributed by atoms with Gasteiger partial charge < -0.3 is 10.1 Å². The van der Waals surface area contributed by atoms with Gasteiger partial charge in [-0.3, -0.25) is 0 Å². The first kappa shape index (κ1) is 10.0. The lowest BCUT2D eigenvalue weighted by Crippen LogP contribution is -2.32. The molecule has 1 saturated heterocycles. The van der Waals surface area contributed by atoms with Crippen molar-refractivity contribution in [1.29, 1.82) is 0 Å². The van der Waals surface area contributed by atoms with E-state index in [4.69, 9.17) is 4.74 Å². The second-order valence-corrected chi connectivity index (χ2v) is 3.71. The number of rotatable bonds is 4. The molecule has 1 aliphatic rings. The highest BCUT2D eigenvalue weighted by Crippen LogP contribution is 2.24. The van der Waals surface area contributed by atoms with Gasteiger partial charge in [-0.25, -0.2) is 0 Å². The number of piperidine rings is 1. The lowest BCUT2D eigenvalue weighted by molar-refractivity contribution is 0.104. The Morgan fingerprint density at radius 3 is 2.58 bits per heavy atom. The molecule has 0 amide bonds. The molecule has 0 spiro atoms. The van der Waals surface area contributed by atoms with Crippen molar-refractivity contribution in [2.24, 2.45) is 11.8 Å². The molecule has 0 aromatic heterocycles. The summed E-state index contributed by atoms with van der Waals surface area (Å²) in [5.41, 5.74) is 0. The summed E-state index contributed by atoms with van der Waals surface area (Å²) in [7, 11) is 1.81. The monoisotopic (exact) mass is 171 g/mol. The van der Waals surface area contributed by atoms with E-state index in [0.717, 1.165) is 18.4 Å². The highest BCUT2D eigenvalue weighted by Gasteiger charge is 2.21. The zero-order chi connectivity index (χ0) is 8.81. The van der Waals surface area contributed by atoms with E-state index in [0.29, 0.717) is 0 Å². The van der Waals surface area contributed by atoms with Crippen LogP contribution in [-0.4, -0.2) is 26.8 Å². The number of hydrogen-bond acceptors (Lipinski definition) is 2. The number of nitrogens with one attached hydrogen (secondary N) is 1. The van der Waals surface area contributed by atoms with Crippen molar-refractivity contribution in [3.63, 3.8) is 0 Å². The Labute approximate surface area is 75.7 Å². The third-order valence-electron chi connectivity index (χ3n) is 2.96.